The minimum absolute atomic E-state index is 0.162. The number of nitrogens with one attached hydrogen (secondary N) is 2. The van der Waals surface area contributed by atoms with Crippen LogP contribution in [0, 0.1) is 25.2 Å². The lowest BCUT2D eigenvalue weighted by atomic mass is 10.1. The number of fused-ring (bicyclic) bond motifs is 1. The highest BCUT2D eigenvalue weighted by molar-refractivity contribution is 5.92. The molecule has 4 aromatic rings. The molecule has 176 valence electrons. The van der Waals surface area contributed by atoms with Crippen molar-refractivity contribution in [1.29, 1.82) is 5.26 Å². The summed E-state index contributed by atoms with van der Waals surface area (Å²) < 4.78 is 11.5. The Morgan fingerprint density at radius 1 is 1.06 bits per heavy atom. The SMILES string of the molecule is CCOc1cc(/C=C(\C#N)c2nc3ccccc3[nH]2)ccc1OCC(=O)Nc1ccc(C)c(C)c1. The highest BCUT2D eigenvalue weighted by Gasteiger charge is 2.12. The second kappa shape index (κ2) is 10.6. The number of nitrogens with zero attached hydrogens (tertiary/aromatic N) is 2. The maximum Gasteiger partial charge on any atom is 0.262 e. The van der Waals surface area contributed by atoms with Crippen molar-refractivity contribution in [2.75, 3.05) is 18.5 Å². The van der Waals surface area contributed by atoms with Crippen molar-refractivity contribution in [3.8, 4) is 17.6 Å². The van der Waals surface area contributed by atoms with Crippen molar-refractivity contribution in [3.05, 3.63) is 83.2 Å². The van der Waals surface area contributed by atoms with Gasteiger partial charge in [-0.15, -0.1) is 0 Å². The second-order valence-electron chi connectivity index (χ2n) is 8.05. The monoisotopic (exact) mass is 466 g/mol. The average Bonchev–Trinajstić information content (AvgIpc) is 3.28. The molecule has 35 heavy (non-hydrogen) atoms. The first-order valence-electron chi connectivity index (χ1n) is 11.3. The topological polar surface area (TPSA) is 100 Å². The molecule has 1 aromatic heterocycles. The van der Waals surface area contributed by atoms with Crippen LogP contribution in [0.3, 0.4) is 0 Å². The number of hydrogen-bond acceptors (Lipinski definition) is 5. The molecule has 0 radical (unpaired) electrons. The van der Waals surface area contributed by atoms with E-state index < -0.39 is 0 Å². The van der Waals surface area contributed by atoms with Crippen molar-refractivity contribution in [1.82, 2.24) is 9.97 Å². The van der Waals surface area contributed by atoms with Gasteiger partial charge in [-0.3, -0.25) is 4.79 Å². The molecule has 2 N–H and O–H groups in total. The first-order valence-corrected chi connectivity index (χ1v) is 11.3. The fourth-order valence-electron chi connectivity index (χ4n) is 3.56. The van der Waals surface area contributed by atoms with Crippen molar-refractivity contribution in [2.24, 2.45) is 0 Å². The number of aryl methyl sites for hydroxylation is 2. The van der Waals surface area contributed by atoms with Crippen LogP contribution in [0.1, 0.15) is 29.4 Å². The van der Waals surface area contributed by atoms with E-state index in [-0.39, 0.29) is 12.5 Å². The molecule has 0 spiro atoms. The van der Waals surface area contributed by atoms with Crippen LogP contribution >= 0.6 is 0 Å². The summed E-state index contributed by atoms with van der Waals surface area (Å²) in [6.45, 7) is 6.15. The van der Waals surface area contributed by atoms with Crippen LogP contribution in [-0.2, 0) is 4.79 Å². The van der Waals surface area contributed by atoms with Crippen LogP contribution in [0.4, 0.5) is 5.69 Å². The summed E-state index contributed by atoms with van der Waals surface area (Å²) in [5.74, 6) is 1.16. The van der Waals surface area contributed by atoms with Gasteiger partial charge in [0, 0.05) is 5.69 Å². The fraction of sp³-hybridized carbons (Fsp3) is 0.179. The van der Waals surface area contributed by atoms with Crippen molar-refractivity contribution in [2.45, 2.75) is 20.8 Å². The normalized spacial score (nSPS) is 11.2. The fourth-order valence-corrected chi connectivity index (χ4v) is 3.56. The van der Waals surface area contributed by atoms with Gasteiger partial charge >= 0.3 is 0 Å². The number of para-hydroxylation sites is 2. The van der Waals surface area contributed by atoms with E-state index in [9.17, 15) is 10.1 Å². The van der Waals surface area contributed by atoms with E-state index in [1.807, 2.05) is 63.2 Å². The number of H-pyrrole nitrogens is 1. The summed E-state index contributed by atoms with van der Waals surface area (Å²) in [5, 5.41) is 12.6. The Morgan fingerprint density at radius 3 is 2.63 bits per heavy atom. The molecule has 1 amide bonds. The minimum Gasteiger partial charge on any atom is -0.490 e. The van der Waals surface area contributed by atoms with Gasteiger partial charge in [-0.05, 0) is 79.9 Å². The number of amides is 1. The Bertz CT molecular complexity index is 1410. The number of imidazole rings is 1. The molecular weight excluding hydrogens is 440 g/mol. The largest absolute Gasteiger partial charge is 0.490 e. The number of anilines is 1. The van der Waals surface area contributed by atoms with Gasteiger partial charge in [0.15, 0.2) is 18.1 Å². The Labute approximate surface area is 204 Å². The van der Waals surface area contributed by atoms with E-state index >= 15 is 0 Å². The summed E-state index contributed by atoms with van der Waals surface area (Å²) in [6.07, 6.45) is 1.73. The van der Waals surface area contributed by atoms with E-state index in [0.717, 1.165) is 33.4 Å². The summed E-state index contributed by atoms with van der Waals surface area (Å²) in [7, 11) is 0. The zero-order valence-electron chi connectivity index (χ0n) is 19.9. The van der Waals surface area contributed by atoms with Crippen LogP contribution in [0.2, 0.25) is 0 Å². The van der Waals surface area contributed by atoms with E-state index in [1.54, 1.807) is 24.3 Å². The summed E-state index contributed by atoms with van der Waals surface area (Å²) in [5.41, 5.74) is 5.78. The van der Waals surface area contributed by atoms with Crippen molar-refractivity contribution >= 4 is 34.3 Å². The molecule has 7 heteroatoms. The number of hydrogen-bond donors (Lipinski definition) is 2. The predicted molar refractivity (Wildman–Crippen MR) is 137 cm³/mol. The third-order valence-electron chi connectivity index (χ3n) is 5.49. The molecule has 0 aliphatic rings. The lowest BCUT2D eigenvalue weighted by Gasteiger charge is -2.13. The summed E-state index contributed by atoms with van der Waals surface area (Å²) >= 11 is 0. The number of benzene rings is 3. The molecule has 0 fully saturated rings. The van der Waals surface area contributed by atoms with Crippen molar-refractivity contribution < 1.29 is 14.3 Å². The van der Waals surface area contributed by atoms with Crippen molar-refractivity contribution in [3.63, 3.8) is 0 Å². The van der Waals surface area contributed by atoms with Gasteiger partial charge in [-0.1, -0.05) is 24.3 Å². The molecule has 1 heterocycles. The predicted octanol–water partition coefficient (Wildman–Crippen LogP) is 5.66. The van der Waals surface area contributed by atoms with Gasteiger partial charge in [0.25, 0.3) is 5.91 Å². The van der Waals surface area contributed by atoms with Gasteiger partial charge in [-0.25, -0.2) is 4.98 Å². The Morgan fingerprint density at radius 2 is 1.89 bits per heavy atom. The first-order chi connectivity index (χ1) is 17.0. The highest BCUT2D eigenvalue weighted by Crippen LogP contribution is 2.30. The number of ether oxygens (including phenoxy) is 2. The molecule has 0 atom stereocenters. The Hall–Kier alpha value is -4.57. The summed E-state index contributed by atoms with van der Waals surface area (Å²) in [4.78, 5) is 20.1. The molecule has 7 nitrogen and oxygen atoms in total. The zero-order valence-corrected chi connectivity index (χ0v) is 19.9. The van der Waals surface area contributed by atoms with Crippen LogP contribution in [0.25, 0.3) is 22.7 Å². The third kappa shape index (κ3) is 5.68. The Balaban J connectivity index is 1.50. The zero-order chi connectivity index (χ0) is 24.8. The first kappa shape index (κ1) is 23.6. The number of nitriles is 1. The van der Waals surface area contributed by atoms with Crippen LogP contribution < -0.4 is 14.8 Å². The van der Waals surface area contributed by atoms with Gasteiger partial charge in [0.2, 0.25) is 0 Å². The lowest BCUT2D eigenvalue weighted by molar-refractivity contribution is -0.118. The Kier molecular flexibility index (Phi) is 7.12. The highest BCUT2D eigenvalue weighted by atomic mass is 16.5. The van der Waals surface area contributed by atoms with E-state index in [4.69, 9.17) is 9.47 Å². The molecule has 0 aliphatic heterocycles. The number of allylic oxidation sites excluding steroid dienone is 1. The van der Waals surface area contributed by atoms with Crippen LogP contribution in [0.15, 0.2) is 60.7 Å². The maximum absolute atomic E-state index is 12.4. The van der Waals surface area contributed by atoms with Gasteiger partial charge < -0.3 is 19.8 Å². The van der Waals surface area contributed by atoms with Crippen LogP contribution in [-0.4, -0.2) is 29.1 Å². The third-order valence-corrected chi connectivity index (χ3v) is 5.49. The van der Waals surface area contributed by atoms with Gasteiger partial charge in [0.05, 0.1) is 23.2 Å². The molecular formula is C28H26N4O3. The molecule has 4 rings (SSSR count). The molecule has 0 saturated carbocycles. The number of aromatic nitrogens is 2. The second-order valence-corrected chi connectivity index (χ2v) is 8.05. The molecule has 0 unspecified atom stereocenters. The number of rotatable bonds is 8. The van der Waals surface area contributed by atoms with Crippen LogP contribution in [0.5, 0.6) is 11.5 Å². The van der Waals surface area contributed by atoms with Gasteiger partial charge in [-0.2, -0.15) is 5.26 Å². The standard InChI is InChI=1S/C28H26N4O3/c1-4-34-26-15-20(14-21(16-29)28-31-23-7-5-6-8-24(23)32-28)10-12-25(26)35-17-27(33)30-22-11-9-18(2)19(3)13-22/h5-15H,4,17H2,1-3H3,(H,30,33)(H,31,32)/b21-14+. The number of carbonyl (C=O) groups excluding carboxylic acids is 1. The summed E-state index contributed by atoms with van der Waals surface area (Å²) in [6, 6.07) is 20.9. The van der Waals surface area contributed by atoms with Gasteiger partial charge in [0.1, 0.15) is 11.9 Å². The minimum atomic E-state index is -0.267. The van der Waals surface area contributed by atoms with E-state index in [2.05, 4.69) is 21.4 Å². The smallest absolute Gasteiger partial charge is 0.262 e. The number of carbonyl (C=O) groups is 1. The molecule has 3 aromatic carbocycles. The molecule has 0 aliphatic carbocycles. The maximum atomic E-state index is 12.4. The number of aromatic amines is 1. The average molecular weight is 467 g/mol. The van der Waals surface area contributed by atoms with E-state index in [0.29, 0.717) is 29.5 Å². The molecule has 0 saturated heterocycles. The quantitative estimate of drug-likeness (QED) is 0.326. The molecule has 0 bridgehead atoms. The lowest BCUT2D eigenvalue weighted by Crippen LogP contribution is -2.20. The van der Waals surface area contributed by atoms with E-state index in [1.165, 1.54) is 0 Å².